The van der Waals surface area contributed by atoms with Gasteiger partial charge < -0.3 is 20.6 Å². The molecule has 0 unspecified atom stereocenters. The van der Waals surface area contributed by atoms with Gasteiger partial charge in [0, 0.05) is 13.1 Å². The predicted octanol–water partition coefficient (Wildman–Crippen LogP) is 2.66. The topological polar surface area (TPSA) is 108 Å². The third-order valence-corrected chi connectivity index (χ3v) is 6.37. The van der Waals surface area contributed by atoms with Gasteiger partial charge in [-0.3, -0.25) is 9.59 Å². The van der Waals surface area contributed by atoms with Crippen LogP contribution in [0.1, 0.15) is 18.1 Å². The van der Waals surface area contributed by atoms with Crippen molar-refractivity contribution in [3.05, 3.63) is 45.1 Å². The highest BCUT2D eigenvalue weighted by atomic mass is 32.1. The van der Waals surface area contributed by atoms with Gasteiger partial charge in [0.2, 0.25) is 5.91 Å². The van der Waals surface area contributed by atoms with Crippen LogP contribution in [-0.2, 0) is 17.6 Å². The number of nitrogens with two attached hydrogens (primary N) is 1. The minimum absolute atomic E-state index is 0.143. The van der Waals surface area contributed by atoms with Gasteiger partial charge in [-0.25, -0.2) is 4.98 Å². The number of nitrogens with one attached hydrogen (secondary N) is 2. The Labute approximate surface area is 164 Å². The average Bonchev–Trinajstić information content (AvgIpc) is 3.24. The summed E-state index contributed by atoms with van der Waals surface area (Å²) in [7, 11) is 0. The van der Waals surface area contributed by atoms with Crippen molar-refractivity contribution in [2.45, 2.75) is 19.8 Å². The number of H-pyrrole nitrogens is 2. The Morgan fingerprint density at radius 1 is 1.21 bits per heavy atom. The lowest BCUT2D eigenvalue weighted by Gasteiger charge is -2.17. The van der Waals surface area contributed by atoms with Crippen molar-refractivity contribution < 1.29 is 4.79 Å². The first-order valence-corrected chi connectivity index (χ1v) is 10.1. The third-order valence-electron chi connectivity index (χ3n) is 5.42. The molecule has 7 nitrogen and oxygen atoms in total. The SMILES string of the molecule is CCN1CCc2cc3nc(-c4c(N)c5sccc5[nH]c4=O)[nH]c3cc2CC1=O. The molecule has 1 amide bonds. The van der Waals surface area contributed by atoms with Crippen molar-refractivity contribution in [1.29, 1.82) is 0 Å². The fourth-order valence-corrected chi connectivity index (χ4v) is 4.74. The molecule has 4 aromatic rings. The Hall–Kier alpha value is -3.13. The van der Waals surface area contributed by atoms with Crippen molar-refractivity contribution in [3.8, 4) is 11.4 Å². The second kappa shape index (κ2) is 6.20. The molecular formula is C20H19N5O2S. The number of carbonyl (C=O) groups excluding carboxylic acids is 1. The number of benzene rings is 1. The number of aromatic nitrogens is 3. The van der Waals surface area contributed by atoms with Crippen LogP contribution in [0.2, 0.25) is 0 Å². The van der Waals surface area contributed by atoms with Gasteiger partial charge >= 0.3 is 0 Å². The minimum atomic E-state index is -0.266. The first-order valence-electron chi connectivity index (χ1n) is 9.23. The Kier molecular flexibility index (Phi) is 3.77. The number of pyridine rings is 1. The summed E-state index contributed by atoms with van der Waals surface area (Å²) in [6, 6.07) is 5.84. The van der Waals surface area contributed by atoms with Crippen molar-refractivity contribution in [2.75, 3.05) is 18.8 Å². The minimum Gasteiger partial charge on any atom is -0.397 e. The maximum absolute atomic E-state index is 12.6. The van der Waals surface area contributed by atoms with E-state index in [-0.39, 0.29) is 11.5 Å². The maximum atomic E-state index is 12.6. The number of aromatic amines is 2. The highest BCUT2D eigenvalue weighted by Crippen LogP contribution is 2.32. The van der Waals surface area contributed by atoms with E-state index < -0.39 is 0 Å². The zero-order valence-corrected chi connectivity index (χ0v) is 16.2. The zero-order chi connectivity index (χ0) is 19.4. The number of nitrogen functional groups attached to an aromatic ring is 1. The van der Waals surface area contributed by atoms with Crippen LogP contribution < -0.4 is 11.3 Å². The molecule has 0 spiro atoms. The predicted molar refractivity (Wildman–Crippen MR) is 112 cm³/mol. The molecule has 5 rings (SSSR count). The van der Waals surface area contributed by atoms with Crippen LogP contribution in [0, 0.1) is 0 Å². The number of rotatable bonds is 2. The summed E-state index contributed by atoms with van der Waals surface area (Å²) in [4.78, 5) is 37.6. The summed E-state index contributed by atoms with van der Waals surface area (Å²) < 4.78 is 0.844. The molecule has 4 heterocycles. The van der Waals surface area contributed by atoms with Crippen LogP contribution in [0.3, 0.4) is 0 Å². The zero-order valence-electron chi connectivity index (χ0n) is 15.3. The molecule has 1 aliphatic heterocycles. The van der Waals surface area contributed by atoms with Gasteiger partial charge in [-0.1, -0.05) is 0 Å². The molecule has 4 N–H and O–H groups in total. The molecule has 3 aromatic heterocycles. The van der Waals surface area contributed by atoms with E-state index in [1.165, 1.54) is 11.3 Å². The first-order chi connectivity index (χ1) is 13.5. The number of likely N-dealkylation sites (N-methyl/N-ethyl adjacent to an activating group) is 1. The van der Waals surface area contributed by atoms with Crippen LogP contribution >= 0.6 is 11.3 Å². The van der Waals surface area contributed by atoms with E-state index in [1.807, 2.05) is 35.4 Å². The normalized spacial score (nSPS) is 14.6. The van der Waals surface area contributed by atoms with E-state index in [9.17, 15) is 9.59 Å². The number of anilines is 1. The van der Waals surface area contributed by atoms with Crippen LogP contribution in [0.4, 0.5) is 5.69 Å². The van der Waals surface area contributed by atoms with Gasteiger partial charge in [-0.15, -0.1) is 11.3 Å². The van der Waals surface area contributed by atoms with E-state index in [0.717, 1.165) is 45.3 Å². The molecule has 1 aromatic carbocycles. The summed E-state index contributed by atoms with van der Waals surface area (Å²) in [6.07, 6.45) is 1.19. The molecule has 1 aliphatic rings. The third kappa shape index (κ3) is 2.52. The van der Waals surface area contributed by atoms with E-state index in [1.54, 1.807) is 0 Å². The number of imidazole rings is 1. The van der Waals surface area contributed by atoms with Crippen molar-refractivity contribution in [1.82, 2.24) is 19.9 Å². The van der Waals surface area contributed by atoms with Crippen LogP contribution in [0.25, 0.3) is 32.6 Å². The highest BCUT2D eigenvalue weighted by Gasteiger charge is 2.22. The monoisotopic (exact) mass is 393 g/mol. The molecule has 0 aliphatic carbocycles. The number of hydrogen-bond donors (Lipinski definition) is 3. The molecule has 28 heavy (non-hydrogen) atoms. The molecule has 0 saturated heterocycles. The van der Waals surface area contributed by atoms with Crippen LogP contribution in [0.5, 0.6) is 0 Å². The molecule has 8 heteroatoms. The Morgan fingerprint density at radius 3 is 2.89 bits per heavy atom. The maximum Gasteiger partial charge on any atom is 0.261 e. The molecule has 0 saturated carbocycles. The number of thiophene rings is 1. The van der Waals surface area contributed by atoms with E-state index in [4.69, 9.17) is 5.73 Å². The Bertz CT molecular complexity index is 1300. The second-order valence-electron chi connectivity index (χ2n) is 7.03. The van der Waals surface area contributed by atoms with Crippen molar-refractivity contribution in [3.63, 3.8) is 0 Å². The molecular weight excluding hydrogens is 374 g/mol. The van der Waals surface area contributed by atoms with Gasteiger partial charge in [0.1, 0.15) is 11.4 Å². The Balaban J connectivity index is 1.65. The van der Waals surface area contributed by atoms with Gasteiger partial charge in [0.15, 0.2) is 0 Å². The number of nitrogens with zero attached hydrogens (tertiary/aromatic N) is 2. The standard InChI is InChI=1S/C20H19N5O2S/c1-2-25-5-3-10-7-13-14(8-11(10)9-15(25)26)23-19(22-13)16-17(21)18-12(4-6-28-18)24-20(16)27/h4,6-8H,2-3,5,9H2,1H3,(H,22,23)(H3,21,24,27). The van der Waals surface area contributed by atoms with Crippen LogP contribution in [0.15, 0.2) is 28.4 Å². The van der Waals surface area contributed by atoms with Gasteiger partial charge in [-0.05, 0) is 48.1 Å². The fraction of sp³-hybridized carbons (Fsp3) is 0.250. The van der Waals surface area contributed by atoms with Crippen molar-refractivity contribution in [2.24, 2.45) is 0 Å². The molecule has 0 radical (unpaired) electrons. The molecule has 0 fully saturated rings. The van der Waals surface area contributed by atoms with Gasteiger partial charge in [-0.2, -0.15) is 0 Å². The van der Waals surface area contributed by atoms with Crippen molar-refractivity contribution >= 4 is 44.2 Å². The first kappa shape index (κ1) is 17.0. The average molecular weight is 393 g/mol. The largest absolute Gasteiger partial charge is 0.397 e. The highest BCUT2D eigenvalue weighted by molar-refractivity contribution is 7.17. The Morgan fingerprint density at radius 2 is 2.07 bits per heavy atom. The number of carbonyl (C=O) groups is 1. The summed E-state index contributed by atoms with van der Waals surface area (Å²) >= 11 is 1.48. The van der Waals surface area contributed by atoms with E-state index in [0.29, 0.717) is 30.0 Å². The van der Waals surface area contributed by atoms with E-state index >= 15 is 0 Å². The molecule has 142 valence electrons. The smallest absolute Gasteiger partial charge is 0.261 e. The summed E-state index contributed by atoms with van der Waals surface area (Å²) in [6.45, 7) is 3.44. The number of amides is 1. The lowest BCUT2D eigenvalue weighted by molar-refractivity contribution is -0.130. The number of hydrogen-bond acceptors (Lipinski definition) is 5. The molecule has 0 atom stereocenters. The molecule has 0 bridgehead atoms. The summed E-state index contributed by atoms with van der Waals surface area (Å²) in [5, 5.41) is 1.90. The summed E-state index contributed by atoms with van der Waals surface area (Å²) in [5.74, 6) is 0.592. The lowest BCUT2D eigenvalue weighted by atomic mass is 10.0. The second-order valence-corrected chi connectivity index (χ2v) is 7.95. The van der Waals surface area contributed by atoms with Gasteiger partial charge in [0.25, 0.3) is 5.56 Å². The van der Waals surface area contributed by atoms with Crippen LogP contribution in [-0.4, -0.2) is 38.8 Å². The summed E-state index contributed by atoms with van der Waals surface area (Å²) in [5.41, 5.74) is 11.3. The fourth-order valence-electron chi connectivity index (χ4n) is 3.92. The van der Waals surface area contributed by atoms with E-state index in [2.05, 4.69) is 15.0 Å². The number of fused-ring (bicyclic) bond motifs is 3. The quantitative estimate of drug-likeness (QED) is 0.486. The van der Waals surface area contributed by atoms with Gasteiger partial charge in [0.05, 0.1) is 33.4 Å². The lowest BCUT2D eigenvalue weighted by Crippen LogP contribution is -2.31.